The molecule has 4 heteroatoms. The smallest absolute Gasteiger partial charge is 0.0558 e. The van der Waals surface area contributed by atoms with E-state index in [9.17, 15) is 0 Å². The number of aliphatic hydroxyl groups excluding tert-OH is 1. The molecule has 1 rings (SSSR count). The summed E-state index contributed by atoms with van der Waals surface area (Å²) in [5.41, 5.74) is 2.42. The first-order chi connectivity index (χ1) is 10.1. The van der Waals surface area contributed by atoms with Crippen LogP contribution in [0.5, 0.6) is 0 Å². The molecule has 1 heterocycles. The molecule has 0 spiro atoms. The van der Waals surface area contributed by atoms with Crippen LogP contribution in [0.1, 0.15) is 27.2 Å². The summed E-state index contributed by atoms with van der Waals surface area (Å²) in [6.07, 6.45) is 4.89. The molecule has 4 nitrogen and oxygen atoms in total. The van der Waals surface area contributed by atoms with E-state index in [1.165, 1.54) is 11.3 Å². The molecule has 0 atom stereocenters. The van der Waals surface area contributed by atoms with Crippen molar-refractivity contribution >= 4 is 5.71 Å². The fraction of sp³-hybridized carbons (Fsp3) is 0.706. The van der Waals surface area contributed by atoms with Crippen LogP contribution in [0.15, 0.2) is 29.4 Å². The van der Waals surface area contributed by atoms with Gasteiger partial charge in [-0.3, -0.25) is 14.8 Å². The molecule has 1 fully saturated rings. The summed E-state index contributed by atoms with van der Waals surface area (Å²) in [6.45, 7) is 16.5. The quantitative estimate of drug-likeness (QED) is 0.551. The predicted molar refractivity (Wildman–Crippen MR) is 90.8 cm³/mol. The molecule has 0 aromatic heterocycles. The molecule has 120 valence electrons. The molecule has 0 unspecified atom stereocenters. The second-order valence-corrected chi connectivity index (χ2v) is 5.88. The summed E-state index contributed by atoms with van der Waals surface area (Å²) in [7, 11) is 0. The zero-order valence-corrected chi connectivity index (χ0v) is 13.9. The van der Waals surface area contributed by atoms with Gasteiger partial charge >= 0.3 is 0 Å². The Bertz CT molecular complexity index is 366. The molecular formula is C17H31N3O. The highest BCUT2D eigenvalue weighted by Gasteiger charge is 2.16. The maximum atomic E-state index is 8.97. The van der Waals surface area contributed by atoms with Crippen LogP contribution in [0.2, 0.25) is 0 Å². The van der Waals surface area contributed by atoms with Crippen molar-refractivity contribution in [1.29, 1.82) is 0 Å². The van der Waals surface area contributed by atoms with Crippen molar-refractivity contribution in [2.24, 2.45) is 10.9 Å². The SMILES string of the molecule is C=C/C(=C\N=C(/CC)C(C)C)CN1CCN(CCO)CC1. The monoisotopic (exact) mass is 293 g/mol. The van der Waals surface area contributed by atoms with E-state index < -0.39 is 0 Å². The van der Waals surface area contributed by atoms with Crippen molar-refractivity contribution in [3.8, 4) is 0 Å². The van der Waals surface area contributed by atoms with E-state index in [2.05, 4.69) is 42.1 Å². The summed E-state index contributed by atoms with van der Waals surface area (Å²) in [4.78, 5) is 9.37. The number of aliphatic imine (C=N–C) groups is 1. The van der Waals surface area contributed by atoms with Gasteiger partial charge in [0, 0.05) is 51.2 Å². The number of aliphatic hydroxyl groups is 1. The Hall–Kier alpha value is -0.970. The van der Waals surface area contributed by atoms with Gasteiger partial charge in [0.15, 0.2) is 0 Å². The zero-order valence-electron chi connectivity index (χ0n) is 13.9. The Morgan fingerprint density at radius 1 is 1.24 bits per heavy atom. The fourth-order valence-corrected chi connectivity index (χ4v) is 2.54. The summed E-state index contributed by atoms with van der Waals surface area (Å²) in [5.74, 6) is 0.499. The van der Waals surface area contributed by atoms with Gasteiger partial charge in [-0.2, -0.15) is 0 Å². The van der Waals surface area contributed by atoms with Crippen LogP contribution < -0.4 is 0 Å². The van der Waals surface area contributed by atoms with Crippen LogP contribution in [0.3, 0.4) is 0 Å². The Kier molecular flexibility index (Phi) is 8.50. The van der Waals surface area contributed by atoms with Gasteiger partial charge in [-0.1, -0.05) is 33.4 Å². The maximum absolute atomic E-state index is 8.97. The normalized spacial score (nSPS) is 19.3. The molecule has 0 radical (unpaired) electrons. The van der Waals surface area contributed by atoms with Gasteiger partial charge in [-0.25, -0.2) is 0 Å². The van der Waals surface area contributed by atoms with Gasteiger partial charge in [0.05, 0.1) is 6.61 Å². The molecule has 1 aliphatic rings. The lowest BCUT2D eigenvalue weighted by Gasteiger charge is -2.34. The van der Waals surface area contributed by atoms with E-state index in [4.69, 9.17) is 5.11 Å². The molecule has 1 saturated heterocycles. The molecule has 0 saturated carbocycles. The van der Waals surface area contributed by atoms with Crippen molar-refractivity contribution in [3.05, 3.63) is 24.4 Å². The van der Waals surface area contributed by atoms with Crippen LogP contribution in [0.4, 0.5) is 0 Å². The van der Waals surface area contributed by atoms with Crippen molar-refractivity contribution < 1.29 is 5.11 Å². The number of hydrogen-bond acceptors (Lipinski definition) is 4. The van der Waals surface area contributed by atoms with Gasteiger partial charge < -0.3 is 5.11 Å². The van der Waals surface area contributed by atoms with E-state index in [1.54, 1.807) is 0 Å². The minimum Gasteiger partial charge on any atom is -0.395 e. The second-order valence-electron chi connectivity index (χ2n) is 5.88. The second kappa shape index (κ2) is 9.87. The first kappa shape index (κ1) is 18.1. The van der Waals surface area contributed by atoms with Crippen LogP contribution in [0, 0.1) is 5.92 Å². The highest BCUT2D eigenvalue weighted by atomic mass is 16.3. The highest BCUT2D eigenvalue weighted by Crippen LogP contribution is 2.08. The van der Waals surface area contributed by atoms with E-state index >= 15 is 0 Å². The Morgan fingerprint density at radius 3 is 2.33 bits per heavy atom. The zero-order chi connectivity index (χ0) is 15.7. The Morgan fingerprint density at radius 2 is 1.86 bits per heavy atom. The van der Waals surface area contributed by atoms with Crippen LogP contribution in [0.25, 0.3) is 0 Å². The molecule has 0 aromatic carbocycles. The standard InChI is InChI=1S/C17H31N3O/c1-5-16(13-18-17(6-2)15(3)4)14-20-9-7-19(8-10-20)11-12-21/h5,13,15,21H,1,6-12,14H2,2-4H3/b16-13+,18-17+. The van der Waals surface area contributed by atoms with E-state index in [0.717, 1.165) is 45.7 Å². The molecule has 1 N–H and O–H groups in total. The third-order valence-electron chi connectivity index (χ3n) is 3.97. The van der Waals surface area contributed by atoms with Gasteiger partial charge in [0.2, 0.25) is 0 Å². The number of nitrogens with zero attached hydrogens (tertiary/aromatic N) is 3. The van der Waals surface area contributed by atoms with Gasteiger partial charge in [0.25, 0.3) is 0 Å². The molecule has 0 amide bonds. The van der Waals surface area contributed by atoms with Crippen molar-refractivity contribution in [2.75, 3.05) is 45.9 Å². The average molecular weight is 293 g/mol. The third-order valence-corrected chi connectivity index (χ3v) is 3.97. The average Bonchev–Trinajstić information content (AvgIpc) is 2.48. The van der Waals surface area contributed by atoms with E-state index in [1.807, 2.05) is 12.3 Å². The lowest BCUT2D eigenvalue weighted by Crippen LogP contribution is -2.47. The first-order valence-corrected chi connectivity index (χ1v) is 8.04. The molecule has 1 aliphatic heterocycles. The van der Waals surface area contributed by atoms with E-state index in [-0.39, 0.29) is 6.61 Å². The molecule has 21 heavy (non-hydrogen) atoms. The van der Waals surface area contributed by atoms with Gasteiger partial charge in [0.1, 0.15) is 0 Å². The summed E-state index contributed by atoms with van der Waals surface area (Å²) in [5, 5.41) is 8.97. The maximum Gasteiger partial charge on any atom is 0.0558 e. The van der Waals surface area contributed by atoms with E-state index in [0.29, 0.717) is 5.92 Å². The molecule has 0 aromatic rings. The Balaban J connectivity index is 2.53. The predicted octanol–water partition coefficient (Wildman–Crippen LogP) is 2.17. The fourth-order valence-electron chi connectivity index (χ4n) is 2.54. The first-order valence-electron chi connectivity index (χ1n) is 8.04. The van der Waals surface area contributed by atoms with Crippen molar-refractivity contribution in [3.63, 3.8) is 0 Å². The summed E-state index contributed by atoms with van der Waals surface area (Å²) < 4.78 is 0. The summed E-state index contributed by atoms with van der Waals surface area (Å²) in [6, 6.07) is 0. The molecule has 0 aliphatic carbocycles. The highest BCUT2D eigenvalue weighted by molar-refractivity contribution is 5.86. The van der Waals surface area contributed by atoms with Crippen LogP contribution in [-0.4, -0.2) is 66.5 Å². The Labute approximate surface area is 129 Å². The van der Waals surface area contributed by atoms with Crippen molar-refractivity contribution in [1.82, 2.24) is 9.80 Å². The number of rotatable bonds is 8. The summed E-state index contributed by atoms with van der Waals surface area (Å²) >= 11 is 0. The molecular weight excluding hydrogens is 262 g/mol. The number of β-amino-alcohol motifs (C(OH)–C–C–N with tert-alkyl or cyclic N) is 1. The van der Waals surface area contributed by atoms with Gasteiger partial charge in [-0.05, 0) is 17.9 Å². The van der Waals surface area contributed by atoms with Crippen molar-refractivity contribution in [2.45, 2.75) is 27.2 Å². The largest absolute Gasteiger partial charge is 0.395 e. The minimum atomic E-state index is 0.252. The third kappa shape index (κ3) is 6.55. The number of piperazine rings is 1. The lowest BCUT2D eigenvalue weighted by molar-refractivity contribution is 0.119. The minimum absolute atomic E-state index is 0.252. The van der Waals surface area contributed by atoms with Crippen LogP contribution in [-0.2, 0) is 0 Å². The van der Waals surface area contributed by atoms with Gasteiger partial charge in [-0.15, -0.1) is 0 Å². The number of hydrogen-bond donors (Lipinski definition) is 1. The molecule has 0 bridgehead atoms. The lowest BCUT2D eigenvalue weighted by atomic mass is 10.1. The van der Waals surface area contributed by atoms with Crippen LogP contribution >= 0.6 is 0 Å². The topological polar surface area (TPSA) is 39.1 Å².